The molecule has 0 bridgehead atoms. The van der Waals surface area contributed by atoms with Crippen LogP contribution in [0.4, 0.5) is 10.1 Å². The van der Waals surface area contributed by atoms with Crippen molar-refractivity contribution in [2.24, 2.45) is 0 Å². The average Bonchev–Trinajstić information content (AvgIpc) is 3.22. The Morgan fingerprint density at radius 2 is 1.72 bits per heavy atom. The molecular formula is C24H21FN4O2S. The van der Waals surface area contributed by atoms with Crippen LogP contribution in [0.5, 0.6) is 5.75 Å². The first-order valence-corrected chi connectivity index (χ1v) is 10.9. The molecule has 0 fully saturated rings. The molecule has 1 heterocycles. The predicted octanol–water partition coefficient (Wildman–Crippen LogP) is 5.02. The van der Waals surface area contributed by atoms with Gasteiger partial charge in [0.05, 0.1) is 5.75 Å². The number of aromatic nitrogens is 3. The number of carbonyl (C=O) groups is 1. The number of amides is 1. The van der Waals surface area contributed by atoms with Gasteiger partial charge in [-0.15, -0.1) is 10.2 Å². The number of rotatable bonds is 8. The number of anilines is 1. The van der Waals surface area contributed by atoms with Crippen LogP contribution in [0.15, 0.2) is 84.0 Å². The zero-order valence-corrected chi connectivity index (χ0v) is 18.2. The summed E-state index contributed by atoms with van der Waals surface area (Å²) in [5.41, 5.74) is 2.45. The summed E-state index contributed by atoms with van der Waals surface area (Å²) < 4.78 is 20.9. The number of hydrogen-bond acceptors (Lipinski definition) is 5. The van der Waals surface area contributed by atoms with E-state index in [1.165, 1.54) is 36.0 Å². The van der Waals surface area contributed by atoms with Gasteiger partial charge < -0.3 is 10.1 Å². The molecule has 3 aromatic carbocycles. The minimum Gasteiger partial charge on any atom is -0.485 e. The van der Waals surface area contributed by atoms with Crippen LogP contribution < -0.4 is 10.1 Å². The smallest absolute Gasteiger partial charge is 0.234 e. The number of halogens is 1. The lowest BCUT2D eigenvalue weighted by Gasteiger charge is -2.12. The van der Waals surface area contributed by atoms with Crippen molar-refractivity contribution in [1.29, 1.82) is 0 Å². The Morgan fingerprint density at radius 3 is 2.47 bits per heavy atom. The topological polar surface area (TPSA) is 69.0 Å². The van der Waals surface area contributed by atoms with Crippen LogP contribution >= 0.6 is 11.8 Å². The fourth-order valence-corrected chi connectivity index (χ4v) is 3.82. The molecule has 6 nitrogen and oxygen atoms in total. The highest BCUT2D eigenvalue weighted by atomic mass is 32.2. The van der Waals surface area contributed by atoms with Crippen molar-refractivity contribution in [1.82, 2.24) is 14.8 Å². The fourth-order valence-electron chi connectivity index (χ4n) is 3.04. The summed E-state index contributed by atoms with van der Waals surface area (Å²) >= 11 is 1.27. The van der Waals surface area contributed by atoms with E-state index >= 15 is 0 Å². The van der Waals surface area contributed by atoms with Crippen molar-refractivity contribution < 1.29 is 13.9 Å². The Kier molecular flexibility index (Phi) is 6.81. The molecule has 0 aliphatic carbocycles. The van der Waals surface area contributed by atoms with Gasteiger partial charge in [-0.1, -0.05) is 48.2 Å². The maximum atomic E-state index is 13.0. The number of carbonyl (C=O) groups excluding carboxylic acids is 1. The molecular weight excluding hydrogens is 427 g/mol. The lowest BCUT2D eigenvalue weighted by Crippen LogP contribution is -2.14. The molecule has 0 aliphatic heterocycles. The lowest BCUT2D eigenvalue weighted by atomic mass is 10.2. The molecule has 4 aromatic rings. The third-order valence-corrected chi connectivity index (χ3v) is 5.55. The van der Waals surface area contributed by atoms with Gasteiger partial charge in [-0.2, -0.15) is 0 Å². The van der Waals surface area contributed by atoms with E-state index in [0.29, 0.717) is 16.7 Å². The van der Waals surface area contributed by atoms with Crippen molar-refractivity contribution in [2.75, 3.05) is 11.1 Å². The van der Waals surface area contributed by atoms with Gasteiger partial charge in [0.1, 0.15) is 18.2 Å². The van der Waals surface area contributed by atoms with Crippen molar-refractivity contribution >= 4 is 23.4 Å². The van der Waals surface area contributed by atoms with Crippen LogP contribution in [0.3, 0.4) is 0 Å². The van der Waals surface area contributed by atoms with E-state index in [1.807, 2.05) is 66.1 Å². The summed E-state index contributed by atoms with van der Waals surface area (Å²) in [7, 11) is 0. The van der Waals surface area contributed by atoms with E-state index in [-0.39, 0.29) is 24.1 Å². The van der Waals surface area contributed by atoms with Gasteiger partial charge in [0.25, 0.3) is 0 Å². The lowest BCUT2D eigenvalue weighted by molar-refractivity contribution is -0.113. The third kappa shape index (κ3) is 5.33. The van der Waals surface area contributed by atoms with Crippen LogP contribution in [0, 0.1) is 12.7 Å². The van der Waals surface area contributed by atoms with Crippen LogP contribution in [0.25, 0.3) is 5.69 Å². The Bertz CT molecular complexity index is 1200. The molecule has 8 heteroatoms. The number of para-hydroxylation sites is 2. The molecule has 0 atom stereocenters. The number of nitrogens with one attached hydrogen (secondary N) is 1. The molecule has 1 aromatic heterocycles. The van der Waals surface area contributed by atoms with Gasteiger partial charge in [-0.3, -0.25) is 9.36 Å². The first-order chi connectivity index (χ1) is 15.6. The predicted molar refractivity (Wildman–Crippen MR) is 123 cm³/mol. The number of thioether (sulfide) groups is 1. The van der Waals surface area contributed by atoms with E-state index in [1.54, 1.807) is 0 Å². The summed E-state index contributed by atoms with van der Waals surface area (Å²) in [5.74, 6) is 0.959. The maximum Gasteiger partial charge on any atom is 0.234 e. The van der Waals surface area contributed by atoms with Gasteiger partial charge in [0, 0.05) is 11.4 Å². The number of aryl methyl sites for hydroxylation is 1. The Morgan fingerprint density at radius 1 is 1.00 bits per heavy atom. The quantitative estimate of drug-likeness (QED) is 0.383. The SMILES string of the molecule is Cc1ccccc1OCc1nnc(SCC(=O)Nc2ccc(F)cc2)n1-c1ccccc1. The highest BCUT2D eigenvalue weighted by Crippen LogP contribution is 2.24. The average molecular weight is 449 g/mol. The van der Waals surface area contributed by atoms with Gasteiger partial charge in [-0.25, -0.2) is 4.39 Å². The van der Waals surface area contributed by atoms with Crippen molar-refractivity contribution in [3.05, 3.63) is 96.1 Å². The standard InChI is InChI=1S/C24H21FN4O2S/c1-17-7-5-6-10-21(17)31-15-22-27-28-24(29(22)20-8-3-2-4-9-20)32-16-23(30)26-19-13-11-18(25)12-14-19/h2-14H,15-16H2,1H3,(H,26,30). The van der Waals surface area contributed by atoms with E-state index in [9.17, 15) is 9.18 Å². The summed E-state index contributed by atoms with van der Waals surface area (Å²) in [6, 6.07) is 23.1. The van der Waals surface area contributed by atoms with E-state index in [2.05, 4.69) is 15.5 Å². The largest absolute Gasteiger partial charge is 0.485 e. The summed E-state index contributed by atoms with van der Waals surface area (Å²) in [6.45, 7) is 2.22. The first kappa shape index (κ1) is 21.6. The molecule has 0 unspecified atom stereocenters. The molecule has 0 spiro atoms. The van der Waals surface area contributed by atoms with Gasteiger partial charge >= 0.3 is 0 Å². The van der Waals surface area contributed by atoms with E-state index < -0.39 is 0 Å². The molecule has 4 rings (SSSR count). The molecule has 1 amide bonds. The molecule has 32 heavy (non-hydrogen) atoms. The van der Waals surface area contributed by atoms with Crippen molar-refractivity contribution in [3.63, 3.8) is 0 Å². The van der Waals surface area contributed by atoms with Crippen LogP contribution in [0.1, 0.15) is 11.4 Å². The van der Waals surface area contributed by atoms with Crippen LogP contribution in [-0.4, -0.2) is 26.4 Å². The molecule has 0 radical (unpaired) electrons. The second kappa shape index (κ2) is 10.1. The van der Waals surface area contributed by atoms with Gasteiger partial charge in [0.2, 0.25) is 5.91 Å². The second-order valence-corrected chi connectivity index (χ2v) is 7.91. The van der Waals surface area contributed by atoms with Crippen molar-refractivity contribution in [3.8, 4) is 11.4 Å². The third-order valence-electron chi connectivity index (χ3n) is 4.63. The van der Waals surface area contributed by atoms with Crippen LogP contribution in [-0.2, 0) is 11.4 Å². The molecule has 0 saturated carbocycles. The molecule has 1 N–H and O–H groups in total. The van der Waals surface area contributed by atoms with Crippen LogP contribution in [0.2, 0.25) is 0 Å². The number of ether oxygens (including phenoxy) is 1. The molecule has 0 saturated heterocycles. The summed E-state index contributed by atoms with van der Waals surface area (Å²) in [6.07, 6.45) is 0. The highest BCUT2D eigenvalue weighted by molar-refractivity contribution is 7.99. The molecule has 0 aliphatic rings. The Labute approximate surface area is 189 Å². The monoisotopic (exact) mass is 448 g/mol. The highest BCUT2D eigenvalue weighted by Gasteiger charge is 2.17. The Hall–Kier alpha value is -3.65. The van der Waals surface area contributed by atoms with Gasteiger partial charge in [0.15, 0.2) is 11.0 Å². The maximum absolute atomic E-state index is 13.0. The van der Waals surface area contributed by atoms with Gasteiger partial charge in [-0.05, 0) is 55.0 Å². The zero-order valence-electron chi connectivity index (χ0n) is 17.4. The Balaban J connectivity index is 1.49. The normalized spacial score (nSPS) is 10.7. The van der Waals surface area contributed by atoms with E-state index in [0.717, 1.165) is 17.0 Å². The zero-order chi connectivity index (χ0) is 22.3. The second-order valence-electron chi connectivity index (χ2n) is 6.97. The van der Waals surface area contributed by atoms with Crippen molar-refractivity contribution in [2.45, 2.75) is 18.7 Å². The fraction of sp³-hybridized carbons (Fsp3) is 0.125. The minimum absolute atomic E-state index is 0.126. The molecule has 162 valence electrons. The first-order valence-electron chi connectivity index (χ1n) is 9.96. The summed E-state index contributed by atoms with van der Waals surface area (Å²) in [5, 5.41) is 11.9. The van der Waals surface area contributed by atoms with E-state index in [4.69, 9.17) is 4.74 Å². The number of nitrogens with zero attached hydrogens (tertiary/aromatic N) is 3. The summed E-state index contributed by atoms with van der Waals surface area (Å²) in [4.78, 5) is 12.4. The minimum atomic E-state index is -0.353. The number of benzene rings is 3. The number of hydrogen-bond donors (Lipinski definition) is 1.